The number of hydrogen-bond donors (Lipinski definition) is 1. The number of benzene rings is 1. The Balaban J connectivity index is 1.83. The van der Waals surface area contributed by atoms with Gasteiger partial charge in [-0.3, -0.25) is 4.98 Å². The second-order valence-corrected chi connectivity index (χ2v) is 4.53. The van der Waals surface area contributed by atoms with Crippen molar-refractivity contribution in [1.82, 2.24) is 4.98 Å². The van der Waals surface area contributed by atoms with Gasteiger partial charge in [0.2, 0.25) is 0 Å². The first-order valence-electron chi connectivity index (χ1n) is 6.20. The molecule has 3 heteroatoms. The van der Waals surface area contributed by atoms with E-state index in [1.807, 2.05) is 6.07 Å². The molecule has 0 spiro atoms. The Hall–Kier alpha value is -1.87. The standard InChI is InChI=1S/C15H15NO2/c17-10-13-9-15(6-7-16-13)18-14-5-4-11-2-1-3-12(11)8-14/h4-9,17H,1-3,10H2. The number of rotatable bonds is 3. The molecule has 1 aliphatic carbocycles. The van der Waals surface area contributed by atoms with E-state index < -0.39 is 0 Å². The van der Waals surface area contributed by atoms with Crippen LogP contribution < -0.4 is 4.74 Å². The van der Waals surface area contributed by atoms with Crippen LogP contribution in [0.1, 0.15) is 23.2 Å². The highest BCUT2D eigenvalue weighted by Gasteiger charge is 2.11. The van der Waals surface area contributed by atoms with E-state index in [2.05, 4.69) is 17.1 Å². The van der Waals surface area contributed by atoms with E-state index in [0.717, 1.165) is 12.2 Å². The quantitative estimate of drug-likeness (QED) is 0.898. The molecule has 1 aromatic carbocycles. The van der Waals surface area contributed by atoms with Gasteiger partial charge in [0.1, 0.15) is 11.5 Å². The van der Waals surface area contributed by atoms with E-state index in [9.17, 15) is 0 Å². The Labute approximate surface area is 106 Å². The van der Waals surface area contributed by atoms with Crippen molar-refractivity contribution in [3.8, 4) is 11.5 Å². The van der Waals surface area contributed by atoms with Crippen molar-refractivity contribution in [1.29, 1.82) is 0 Å². The van der Waals surface area contributed by atoms with Gasteiger partial charge in [0.05, 0.1) is 12.3 Å². The highest BCUT2D eigenvalue weighted by molar-refractivity contribution is 5.40. The molecule has 0 bridgehead atoms. The third-order valence-corrected chi connectivity index (χ3v) is 3.26. The van der Waals surface area contributed by atoms with Crippen LogP contribution in [0, 0.1) is 0 Å². The lowest BCUT2D eigenvalue weighted by atomic mass is 10.1. The maximum Gasteiger partial charge on any atom is 0.130 e. The van der Waals surface area contributed by atoms with Gasteiger partial charge in [0, 0.05) is 12.3 Å². The number of aromatic nitrogens is 1. The molecule has 0 saturated heterocycles. The zero-order valence-corrected chi connectivity index (χ0v) is 10.1. The van der Waals surface area contributed by atoms with Crippen LogP contribution in [0.5, 0.6) is 11.5 Å². The summed E-state index contributed by atoms with van der Waals surface area (Å²) in [5.74, 6) is 1.57. The SMILES string of the molecule is OCc1cc(Oc2ccc3c(c2)CCC3)ccn1. The van der Waals surface area contributed by atoms with Gasteiger partial charge >= 0.3 is 0 Å². The average molecular weight is 241 g/mol. The van der Waals surface area contributed by atoms with E-state index in [0.29, 0.717) is 11.4 Å². The van der Waals surface area contributed by atoms with Gasteiger partial charge < -0.3 is 9.84 Å². The Morgan fingerprint density at radius 1 is 1.06 bits per heavy atom. The van der Waals surface area contributed by atoms with Gasteiger partial charge in [-0.15, -0.1) is 0 Å². The number of aliphatic hydroxyl groups excluding tert-OH is 1. The van der Waals surface area contributed by atoms with Crippen LogP contribution in [0.3, 0.4) is 0 Å². The predicted molar refractivity (Wildman–Crippen MR) is 68.7 cm³/mol. The molecule has 0 radical (unpaired) electrons. The van der Waals surface area contributed by atoms with E-state index in [4.69, 9.17) is 9.84 Å². The maximum absolute atomic E-state index is 9.04. The second kappa shape index (κ2) is 4.78. The van der Waals surface area contributed by atoms with Crippen molar-refractivity contribution in [2.75, 3.05) is 0 Å². The molecule has 0 fully saturated rings. The fourth-order valence-electron chi connectivity index (χ4n) is 2.35. The van der Waals surface area contributed by atoms with Crippen molar-refractivity contribution in [3.63, 3.8) is 0 Å². The summed E-state index contributed by atoms with van der Waals surface area (Å²) < 4.78 is 5.80. The predicted octanol–water partition coefficient (Wildman–Crippen LogP) is 2.85. The third-order valence-electron chi connectivity index (χ3n) is 3.26. The molecule has 3 rings (SSSR count). The van der Waals surface area contributed by atoms with Crippen LogP contribution in [0.2, 0.25) is 0 Å². The Morgan fingerprint density at radius 2 is 1.89 bits per heavy atom. The van der Waals surface area contributed by atoms with Gasteiger partial charge in [-0.1, -0.05) is 6.07 Å². The molecule has 18 heavy (non-hydrogen) atoms. The molecule has 1 aromatic heterocycles. The van der Waals surface area contributed by atoms with Crippen LogP contribution in [-0.4, -0.2) is 10.1 Å². The maximum atomic E-state index is 9.04. The molecular formula is C15H15NO2. The van der Waals surface area contributed by atoms with Gasteiger partial charge in [-0.25, -0.2) is 0 Å². The van der Waals surface area contributed by atoms with Crippen molar-refractivity contribution in [2.45, 2.75) is 25.9 Å². The minimum Gasteiger partial charge on any atom is -0.457 e. The monoisotopic (exact) mass is 241 g/mol. The summed E-state index contributed by atoms with van der Waals surface area (Å²) in [6.07, 6.45) is 5.21. The van der Waals surface area contributed by atoms with E-state index >= 15 is 0 Å². The molecule has 1 N–H and O–H groups in total. The number of hydrogen-bond acceptors (Lipinski definition) is 3. The number of aryl methyl sites for hydroxylation is 2. The molecule has 0 saturated carbocycles. The molecule has 1 heterocycles. The first-order valence-corrected chi connectivity index (χ1v) is 6.20. The van der Waals surface area contributed by atoms with Crippen molar-refractivity contribution in [3.05, 3.63) is 53.3 Å². The van der Waals surface area contributed by atoms with Crippen LogP contribution in [-0.2, 0) is 19.4 Å². The summed E-state index contributed by atoms with van der Waals surface area (Å²) >= 11 is 0. The van der Waals surface area contributed by atoms with Crippen molar-refractivity contribution in [2.24, 2.45) is 0 Å². The fourth-order valence-corrected chi connectivity index (χ4v) is 2.35. The van der Waals surface area contributed by atoms with E-state index in [1.165, 1.54) is 24.0 Å². The number of aliphatic hydroxyl groups is 1. The van der Waals surface area contributed by atoms with Crippen LogP contribution in [0.15, 0.2) is 36.5 Å². The number of ether oxygens (including phenoxy) is 1. The number of fused-ring (bicyclic) bond motifs is 1. The van der Waals surface area contributed by atoms with Gasteiger partial charge in [-0.2, -0.15) is 0 Å². The van der Waals surface area contributed by atoms with Crippen molar-refractivity contribution >= 4 is 0 Å². The molecular weight excluding hydrogens is 226 g/mol. The molecule has 92 valence electrons. The average Bonchev–Trinajstić information content (AvgIpc) is 2.86. The molecule has 3 nitrogen and oxygen atoms in total. The largest absolute Gasteiger partial charge is 0.457 e. The topological polar surface area (TPSA) is 42.4 Å². The Kier molecular flexibility index (Phi) is 2.99. The summed E-state index contributed by atoms with van der Waals surface area (Å²) in [6, 6.07) is 9.82. The van der Waals surface area contributed by atoms with Gasteiger partial charge in [-0.05, 0) is 48.6 Å². The fraction of sp³-hybridized carbons (Fsp3) is 0.267. The first kappa shape index (κ1) is 11.2. The summed E-state index contributed by atoms with van der Waals surface area (Å²) in [5.41, 5.74) is 3.45. The molecule has 0 aliphatic heterocycles. The summed E-state index contributed by atoms with van der Waals surface area (Å²) in [6.45, 7) is -0.0681. The van der Waals surface area contributed by atoms with Gasteiger partial charge in [0.15, 0.2) is 0 Å². The van der Waals surface area contributed by atoms with Crippen LogP contribution >= 0.6 is 0 Å². The number of pyridine rings is 1. The van der Waals surface area contributed by atoms with Crippen LogP contribution in [0.4, 0.5) is 0 Å². The van der Waals surface area contributed by atoms with Crippen LogP contribution in [0.25, 0.3) is 0 Å². The van der Waals surface area contributed by atoms with E-state index in [1.54, 1.807) is 18.3 Å². The lowest BCUT2D eigenvalue weighted by Gasteiger charge is -2.08. The lowest BCUT2D eigenvalue weighted by Crippen LogP contribution is -1.91. The molecule has 2 aromatic rings. The smallest absolute Gasteiger partial charge is 0.130 e. The lowest BCUT2D eigenvalue weighted by molar-refractivity contribution is 0.276. The minimum atomic E-state index is -0.0681. The minimum absolute atomic E-state index is 0.0681. The third kappa shape index (κ3) is 2.22. The normalized spacial score (nSPS) is 13.4. The highest BCUT2D eigenvalue weighted by Crippen LogP contribution is 2.28. The number of nitrogens with zero attached hydrogens (tertiary/aromatic N) is 1. The zero-order valence-electron chi connectivity index (χ0n) is 10.1. The van der Waals surface area contributed by atoms with Crippen molar-refractivity contribution < 1.29 is 9.84 Å². The Morgan fingerprint density at radius 3 is 2.78 bits per heavy atom. The van der Waals surface area contributed by atoms with Gasteiger partial charge in [0.25, 0.3) is 0 Å². The molecule has 1 aliphatic rings. The molecule has 0 unspecified atom stereocenters. The zero-order chi connectivity index (χ0) is 12.4. The van der Waals surface area contributed by atoms with E-state index in [-0.39, 0.29) is 6.61 Å². The first-order chi connectivity index (χ1) is 8.85. The summed E-state index contributed by atoms with van der Waals surface area (Å²) in [7, 11) is 0. The molecule has 0 atom stereocenters. The summed E-state index contributed by atoms with van der Waals surface area (Å²) in [5, 5.41) is 9.04. The summed E-state index contributed by atoms with van der Waals surface area (Å²) in [4.78, 5) is 4.03. The Bertz CT molecular complexity index is 566. The molecule has 0 amide bonds. The highest BCUT2D eigenvalue weighted by atomic mass is 16.5. The second-order valence-electron chi connectivity index (χ2n) is 4.53.